The summed E-state index contributed by atoms with van der Waals surface area (Å²) in [7, 11) is 0. The van der Waals surface area contributed by atoms with Gasteiger partial charge in [0.2, 0.25) is 5.91 Å². The van der Waals surface area contributed by atoms with Gasteiger partial charge in [-0.05, 0) is 35.0 Å². The maximum atomic E-state index is 12.7. The molecule has 2 heterocycles. The molecule has 30 heavy (non-hydrogen) atoms. The zero-order chi connectivity index (χ0) is 21.1. The quantitative estimate of drug-likeness (QED) is 0.644. The van der Waals surface area contributed by atoms with Crippen LogP contribution in [-0.4, -0.2) is 47.8 Å². The zero-order valence-corrected chi connectivity index (χ0v) is 17.3. The third-order valence-electron chi connectivity index (χ3n) is 5.35. The Hall–Kier alpha value is -3.28. The minimum absolute atomic E-state index is 0.0255. The number of carbonyl (C=O) groups is 2. The van der Waals surface area contributed by atoms with E-state index in [1.54, 1.807) is 17.0 Å². The topological polar surface area (TPSA) is 63.0 Å². The first-order valence-corrected chi connectivity index (χ1v) is 10.3. The van der Waals surface area contributed by atoms with Crippen LogP contribution in [-0.2, 0) is 11.4 Å². The van der Waals surface area contributed by atoms with E-state index in [-0.39, 0.29) is 24.3 Å². The summed E-state index contributed by atoms with van der Waals surface area (Å²) < 4.78 is 11.6. The molecule has 1 fully saturated rings. The number of carbonyl (C=O) groups excluding carboxylic acids is 2. The molecule has 0 bridgehead atoms. The summed E-state index contributed by atoms with van der Waals surface area (Å²) in [5.41, 5.74) is 0. The van der Waals surface area contributed by atoms with Crippen LogP contribution in [0.5, 0.6) is 5.75 Å². The van der Waals surface area contributed by atoms with Crippen LogP contribution in [0.15, 0.2) is 59.0 Å². The SMILES string of the molecule is CC(C)C(=O)N1CCN(C(=O)c2ccc(COc3ccc4ccccc4c3)o2)CC1. The molecule has 1 aliphatic rings. The molecule has 0 radical (unpaired) electrons. The van der Waals surface area contributed by atoms with Crippen molar-refractivity contribution in [3.05, 3.63) is 66.1 Å². The van der Waals surface area contributed by atoms with Gasteiger partial charge in [-0.2, -0.15) is 0 Å². The van der Waals surface area contributed by atoms with Crippen molar-refractivity contribution in [2.75, 3.05) is 26.2 Å². The van der Waals surface area contributed by atoms with Gasteiger partial charge in [-0.15, -0.1) is 0 Å². The first kappa shape index (κ1) is 20.0. The Morgan fingerprint density at radius 1 is 0.933 bits per heavy atom. The second-order valence-corrected chi connectivity index (χ2v) is 7.84. The highest BCUT2D eigenvalue weighted by molar-refractivity contribution is 5.91. The molecular weight excluding hydrogens is 380 g/mol. The number of ether oxygens (including phenoxy) is 1. The van der Waals surface area contributed by atoms with Crippen LogP contribution < -0.4 is 4.74 Å². The second-order valence-electron chi connectivity index (χ2n) is 7.84. The molecule has 4 rings (SSSR count). The molecule has 1 aromatic heterocycles. The van der Waals surface area contributed by atoms with E-state index in [0.717, 1.165) is 16.5 Å². The molecular formula is C24H26N2O4. The van der Waals surface area contributed by atoms with Crippen molar-refractivity contribution in [3.63, 3.8) is 0 Å². The van der Waals surface area contributed by atoms with E-state index < -0.39 is 0 Å². The van der Waals surface area contributed by atoms with Gasteiger partial charge >= 0.3 is 0 Å². The molecule has 156 valence electrons. The van der Waals surface area contributed by atoms with Crippen molar-refractivity contribution in [2.24, 2.45) is 5.92 Å². The third-order valence-corrected chi connectivity index (χ3v) is 5.35. The van der Waals surface area contributed by atoms with Crippen molar-refractivity contribution in [2.45, 2.75) is 20.5 Å². The molecule has 6 nitrogen and oxygen atoms in total. The monoisotopic (exact) mass is 406 g/mol. The highest BCUT2D eigenvalue weighted by Crippen LogP contribution is 2.22. The van der Waals surface area contributed by atoms with Crippen molar-refractivity contribution in [3.8, 4) is 5.75 Å². The normalized spacial score (nSPS) is 14.4. The summed E-state index contributed by atoms with van der Waals surface area (Å²) >= 11 is 0. The van der Waals surface area contributed by atoms with Gasteiger partial charge in [0, 0.05) is 32.1 Å². The molecule has 1 aliphatic heterocycles. The number of hydrogen-bond donors (Lipinski definition) is 0. The fraction of sp³-hybridized carbons (Fsp3) is 0.333. The van der Waals surface area contributed by atoms with Crippen molar-refractivity contribution < 1.29 is 18.7 Å². The van der Waals surface area contributed by atoms with Gasteiger partial charge < -0.3 is 19.0 Å². The van der Waals surface area contributed by atoms with E-state index in [1.807, 2.05) is 55.1 Å². The van der Waals surface area contributed by atoms with E-state index in [0.29, 0.717) is 37.7 Å². The lowest BCUT2D eigenvalue weighted by molar-refractivity contribution is -0.135. The number of amides is 2. The molecule has 2 aromatic carbocycles. The first-order valence-electron chi connectivity index (χ1n) is 10.3. The molecule has 6 heteroatoms. The smallest absolute Gasteiger partial charge is 0.289 e. The lowest BCUT2D eigenvalue weighted by Crippen LogP contribution is -2.51. The summed E-state index contributed by atoms with van der Waals surface area (Å²) in [5.74, 6) is 1.61. The Balaban J connectivity index is 1.33. The Labute approximate surface area is 176 Å². The van der Waals surface area contributed by atoms with Gasteiger partial charge in [0.25, 0.3) is 5.91 Å². The van der Waals surface area contributed by atoms with E-state index in [1.165, 1.54) is 0 Å². The van der Waals surface area contributed by atoms with Crippen LogP contribution in [0.3, 0.4) is 0 Å². The van der Waals surface area contributed by atoms with E-state index in [4.69, 9.17) is 9.15 Å². The summed E-state index contributed by atoms with van der Waals surface area (Å²) in [4.78, 5) is 28.4. The van der Waals surface area contributed by atoms with Crippen LogP contribution in [0, 0.1) is 5.92 Å². The van der Waals surface area contributed by atoms with Gasteiger partial charge in [-0.25, -0.2) is 0 Å². The molecule has 0 saturated carbocycles. The predicted molar refractivity (Wildman–Crippen MR) is 114 cm³/mol. The minimum atomic E-state index is -0.149. The number of benzene rings is 2. The minimum Gasteiger partial charge on any atom is -0.486 e. The van der Waals surface area contributed by atoms with Gasteiger partial charge in [-0.1, -0.05) is 44.2 Å². The summed E-state index contributed by atoms with van der Waals surface area (Å²) in [6, 6.07) is 17.5. The van der Waals surface area contributed by atoms with Crippen LogP contribution in [0.4, 0.5) is 0 Å². The Bertz CT molecular complexity index is 1050. The molecule has 0 N–H and O–H groups in total. The van der Waals surface area contributed by atoms with Gasteiger partial charge in [0.15, 0.2) is 5.76 Å². The number of hydrogen-bond acceptors (Lipinski definition) is 4. The number of rotatable bonds is 5. The van der Waals surface area contributed by atoms with Gasteiger partial charge in [0.1, 0.15) is 18.1 Å². The fourth-order valence-corrected chi connectivity index (χ4v) is 3.63. The van der Waals surface area contributed by atoms with E-state index in [2.05, 4.69) is 6.07 Å². The van der Waals surface area contributed by atoms with Crippen LogP contribution in [0.1, 0.15) is 30.2 Å². The van der Waals surface area contributed by atoms with Crippen LogP contribution in [0.2, 0.25) is 0 Å². The van der Waals surface area contributed by atoms with E-state index in [9.17, 15) is 9.59 Å². The van der Waals surface area contributed by atoms with Crippen molar-refractivity contribution >= 4 is 22.6 Å². The highest BCUT2D eigenvalue weighted by Gasteiger charge is 2.27. The summed E-state index contributed by atoms with van der Waals surface area (Å²) in [5, 5.41) is 2.27. The second kappa shape index (κ2) is 8.61. The molecule has 0 aliphatic carbocycles. The van der Waals surface area contributed by atoms with Crippen molar-refractivity contribution in [1.82, 2.24) is 9.80 Å². The van der Waals surface area contributed by atoms with Crippen molar-refractivity contribution in [1.29, 1.82) is 0 Å². The maximum absolute atomic E-state index is 12.7. The van der Waals surface area contributed by atoms with Gasteiger partial charge in [0.05, 0.1) is 0 Å². The third kappa shape index (κ3) is 4.32. The Kier molecular flexibility index (Phi) is 5.74. The molecule has 3 aromatic rings. The highest BCUT2D eigenvalue weighted by atomic mass is 16.5. The van der Waals surface area contributed by atoms with Crippen LogP contribution in [0.25, 0.3) is 10.8 Å². The standard InChI is InChI=1S/C24H26N2O4/c1-17(2)23(27)25-11-13-26(14-12-25)24(28)22-10-9-21(30-22)16-29-20-8-7-18-5-3-4-6-19(18)15-20/h3-10,15,17H,11-14,16H2,1-2H3. The Morgan fingerprint density at radius 3 is 2.37 bits per heavy atom. The maximum Gasteiger partial charge on any atom is 0.289 e. The predicted octanol–water partition coefficient (Wildman–Crippen LogP) is 3.95. The number of fused-ring (bicyclic) bond motifs is 1. The Morgan fingerprint density at radius 2 is 1.63 bits per heavy atom. The molecule has 0 spiro atoms. The van der Waals surface area contributed by atoms with Gasteiger partial charge in [-0.3, -0.25) is 9.59 Å². The fourth-order valence-electron chi connectivity index (χ4n) is 3.63. The number of nitrogens with zero attached hydrogens (tertiary/aromatic N) is 2. The number of furan rings is 1. The molecule has 0 unspecified atom stereocenters. The van der Waals surface area contributed by atoms with E-state index >= 15 is 0 Å². The molecule has 0 atom stereocenters. The lowest BCUT2D eigenvalue weighted by Gasteiger charge is -2.35. The lowest BCUT2D eigenvalue weighted by atomic mass is 10.1. The molecule has 2 amide bonds. The van der Waals surface area contributed by atoms with Crippen LogP contribution >= 0.6 is 0 Å². The summed E-state index contributed by atoms with van der Waals surface area (Å²) in [6.45, 7) is 6.18. The average Bonchev–Trinajstić information content (AvgIpc) is 3.25. The number of piperazine rings is 1. The zero-order valence-electron chi connectivity index (χ0n) is 17.3. The average molecular weight is 406 g/mol. The summed E-state index contributed by atoms with van der Waals surface area (Å²) in [6.07, 6.45) is 0. The molecule has 1 saturated heterocycles. The first-order chi connectivity index (χ1) is 14.5. The largest absolute Gasteiger partial charge is 0.486 e.